The maximum Gasteiger partial charge on any atom is 0.252 e. The molecular weight excluding hydrogens is 310 g/mol. The number of hydrogen-bond donors (Lipinski definition) is 4. The van der Waals surface area contributed by atoms with Crippen LogP contribution >= 0.6 is 0 Å². The maximum absolute atomic E-state index is 11.2. The number of benzene rings is 1. The van der Waals surface area contributed by atoms with Gasteiger partial charge in [0.25, 0.3) is 5.91 Å². The number of pyridine rings is 1. The number of nitrogens with zero attached hydrogens (tertiary/aromatic N) is 1. The first-order valence-electron chi connectivity index (χ1n) is 7.54. The molecule has 1 heterocycles. The van der Waals surface area contributed by atoms with Gasteiger partial charge in [0.15, 0.2) is 0 Å². The molecule has 2 unspecified atom stereocenters. The van der Waals surface area contributed by atoms with Crippen LogP contribution in [0.1, 0.15) is 28.9 Å². The zero-order chi connectivity index (χ0) is 17.5. The van der Waals surface area contributed by atoms with Crippen LogP contribution in [-0.4, -0.2) is 40.3 Å². The van der Waals surface area contributed by atoms with Crippen LogP contribution in [0.4, 0.5) is 0 Å². The highest BCUT2D eigenvalue weighted by atomic mass is 16.5. The number of nitrogens with two attached hydrogens (primary N) is 1. The second-order valence-corrected chi connectivity index (χ2v) is 5.47. The molecular formula is C17H21N3O4. The predicted octanol–water partition coefficient (Wildman–Crippen LogP) is 0.977. The Kier molecular flexibility index (Phi) is 6.11. The summed E-state index contributed by atoms with van der Waals surface area (Å²) in [7, 11) is 0. The molecule has 1 aromatic carbocycles. The van der Waals surface area contributed by atoms with Gasteiger partial charge in [-0.15, -0.1) is 0 Å². The Morgan fingerprint density at radius 3 is 2.88 bits per heavy atom. The third kappa shape index (κ3) is 4.94. The maximum atomic E-state index is 11.2. The van der Waals surface area contributed by atoms with Crippen molar-refractivity contribution in [3.05, 3.63) is 53.9 Å². The minimum absolute atomic E-state index is 0.0140. The average Bonchev–Trinajstić information content (AvgIpc) is 2.59. The van der Waals surface area contributed by atoms with Crippen molar-refractivity contribution in [2.24, 2.45) is 5.73 Å². The third-order valence-electron chi connectivity index (χ3n) is 3.46. The molecule has 24 heavy (non-hydrogen) atoms. The Hall–Kier alpha value is -2.64. The van der Waals surface area contributed by atoms with Gasteiger partial charge in [-0.2, -0.15) is 0 Å². The van der Waals surface area contributed by atoms with E-state index in [2.05, 4.69) is 10.3 Å². The number of aliphatic hydroxyl groups excluding tert-OH is 1. The van der Waals surface area contributed by atoms with Crippen LogP contribution in [0, 0.1) is 0 Å². The number of carbonyl (C=O) groups excluding carboxylic acids is 1. The molecule has 1 aromatic heterocycles. The van der Waals surface area contributed by atoms with Crippen molar-refractivity contribution >= 4 is 5.91 Å². The second-order valence-electron chi connectivity index (χ2n) is 5.47. The summed E-state index contributed by atoms with van der Waals surface area (Å²) >= 11 is 0. The number of hydrogen-bond acceptors (Lipinski definition) is 6. The minimum Gasteiger partial charge on any atom is -0.507 e. The zero-order valence-corrected chi connectivity index (χ0v) is 13.3. The van der Waals surface area contributed by atoms with E-state index in [1.54, 1.807) is 24.5 Å². The Morgan fingerprint density at radius 1 is 1.42 bits per heavy atom. The quantitative estimate of drug-likeness (QED) is 0.573. The summed E-state index contributed by atoms with van der Waals surface area (Å²) in [6.07, 6.45) is 2.62. The number of primary amides is 1. The fourth-order valence-corrected chi connectivity index (χ4v) is 2.09. The molecule has 7 nitrogen and oxygen atoms in total. The number of ether oxygens (including phenoxy) is 1. The van der Waals surface area contributed by atoms with Crippen molar-refractivity contribution in [3.8, 4) is 11.5 Å². The molecule has 2 aromatic rings. The number of aliphatic hydroxyl groups is 1. The van der Waals surface area contributed by atoms with E-state index in [4.69, 9.17) is 10.5 Å². The van der Waals surface area contributed by atoms with E-state index in [9.17, 15) is 15.0 Å². The van der Waals surface area contributed by atoms with Crippen molar-refractivity contribution in [1.29, 1.82) is 0 Å². The van der Waals surface area contributed by atoms with Gasteiger partial charge in [-0.25, -0.2) is 0 Å². The van der Waals surface area contributed by atoms with Crippen molar-refractivity contribution in [3.63, 3.8) is 0 Å². The summed E-state index contributed by atoms with van der Waals surface area (Å²) in [5.74, 6) is -0.465. The molecule has 0 bridgehead atoms. The van der Waals surface area contributed by atoms with Gasteiger partial charge in [0, 0.05) is 30.5 Å². The Morgan fingerprint density at radius 2 is 2.21 bits per heavy atom. The van der Waals surface area contributed by atoms with Crippen molar-refractivity contribution in [2.45, 2.75) is 19.1 Å². The van der Waals surface area contributed by atoms with Gasteiger partial charge in [-0.1, -0.05) is 6.07 Å². The molecule has 1 amide bonds. The number of nitrogens with one attached hydrogen (secondary N) is 1. The van der Waals surface area contributed by atoms with E-state index in [-0.39, 0.29) is 17.4 Å². The van der Waals surface area contributed by atoms with Crippen LogP contribution in [0.3, 0.4) is 0 Å². The highest BCUT2D eigenvalue weighted by Crippen LogP contribution is 2.22. The van der Waals surface area contributed by atoms with Crippen LogP contribution in [0.15, 0.2) is 42.7 Å². The summed E-state index contributed by atoms with van der Waals surface area (Å²) in [6, 6.07) is 7.85. The molecule has 7 heteroatoms. The van der Waals surface area contributed by atoms with Crippen LogP contribution in [-0.2, 0) is 0 Å². The number of phenols is 1. The number of rotatable bonds is 8. The van der Waals surface area contributed by atoms with Gasteiger partial charge in [0.05, 0.1) is 11.7 Å². The van der Waals surface area contributed by atoms with Crippen LogP contribution < -0.4 is 15.8 Å². The molecule has 128 valence electrons. The smallest absolute Gasteiger partial charge is 0.252 e. The van der Waals surface area contributed by atoms with Crippen LogP contribution in [0.2, 0.25) is 0 Å². The van der Waals surface area contributed by atoms with Gasteiger partial charge in [0.1, 0.15) is 18.1 Å². The summed E-state index contributed by atoms with van der Waals surface area (Å²) < 4.78 is 5.58. The number of carbonyl (C=O) groups is 1. The van der Waals surface area contributed by atoms with Crippen LogP contribution in [0.25, 0.3) is 0 Å². The molecule has 0 saturated heterocycles. The molecule has 2 atom stereocenters. The first-order chi connectivity index (χ1) is 11.5. The van der Waals surface area contributed by atoms with Gasteiger partial charge < -0.3 is 26.0 Å². The summed E-state index contributed by atoms with van der Waals surface area (Å²) in [5, 5.41) is 22.8. The standard InChI is InChI=1S/C17H21N3O4/c1-11(20-9-16(22)12-3-2-6-19-8-12)10-24-13-4-5-15(21)14(7-13)17(18)23/h2-8,11,16,20-22H,9-10H2,1H3,(H2,18,23). The fourth-order valence-electron chi connectivity index (χ4n) is 2.09. The first-order valence-corrected chi connectivity index (χ1v) is 7.54. The molecule has 0 aliphatic heterocycles. The minimum atomic E-state index is -0.719. The molecule has 0 aliphatic carbocycles. The number of aromatic hydroxyl groups is 1. The highest BCUT2D eigenvalue weighted by molar-refractivity contribution is 5.95. The topological polar surface area (TPSA) is 118 Å². The van der Waals surface area contributed by atoms with Gasteiger partial charge in [-0.05, 0) is 31.2 Å². The van der Waals surface area contributed by atoms with E-state index < -0.39 is 12.0 Å². The van der Waals surface area contributed by atoms with Crippen molar-refractivity contribution < 1.29 is 19.7 Å². The molecule has 0 fully saturated rings. The Bertz CT molecular complexity index is 679. The Labute approximate surface area is 140 Å². The van der Waals surface area contributed by atoms with Gasteiger partial charge in [0.2, 0.25) is 0 Å². The lowest BCUT2D eigenvalue weighted by molar-refractivity contribution is 0.0997. The van der Waals surface area contributed by atoms with Gasteiger partial charge in [-0.3, -0.25) is 9.78 Å². The molecule has 0 radical (unpaired) electrons. The van der Waals surface area contributed by atoms with Gasteiger partial charge >= 0.3 is 0 Å². The molecule has 5 N–H and O–H groups in total. The summed E-state index contributed by atoms with van der Waals surface area (Å²) in [6.45, 7) is 2.59. The van der Waals surface area contributed by atoms with E-state index in [1.165, 1.54) is 12.1 Å². The van der Waals surface area contributed by atoms with E-state index in [0.717, 1.165) is 5.56 Å². The summed E-state index contributed by atoms with van der Waals surface area (Å²) in [4.78, 5) is 15.2. The molecule has 0 saturated carbocycles. The first kappa shape index (κ1) is 17.7. The van der Waals surface area contributed by atoms with Crippen molar-refractivity contribution in [2.75, 3.05) is 13.2 Å². The zero-order valence-electron chi connectivity index (χ0n) is 13.3. The van der Waals surface area contributed by atoms with E-state index >= 15 is 0 Å². The van der Waals surface area contributed by atoms with E-state index in [1.807, 2.05) is 13.0 Å². The normalized spacial score (nSPS) is 13.2. The number of aromatic nitrogens is 1. The molecule has 2 rings (SSSR count). The second kappa shape index (κ2) is 8.28. The lowest BCUT2D eigenvalue weighted by Gasteiger charge is -2.18. The predicted molar refractivity (Wildman–Crippen MR) is 88.8 cm³/mol. The molecule has 0 aliphatic rings. The Balaban J connectivity index is 1.82. The number of amides is 1. The summed E-state index contributed by atoms with van der Waals surface area (Å²) in [5.41, 5.74) is 5.93. The monoisotopic (exact) mass is 331 g/mol. The van der Waals surface area contributed by atoms with Crippen molar-refractivity contribution in [1.82, 2.24) is 10.3 Å². The SMILES string of the molecule is CC(COc1ccc(O)c(C(N)=O)c1)NCC(O)c1cccnc1. The average molecular weight is 331 g/mol. The highest BCUT2D eigenvalue weighted by Gasteiger charge is 2.12. The lowest BCUT2D eigenvalue weighted by atomic mass is 10.1. The largest absolute Gasteiger partial charge is 0.507 e. The lowest BCUT2D eigenvalue weighted by Crippen LogP contribution is -2.35. The fraction of sp³-hybridized carbons (Fsp3) is 0.294. The molecule has 0 spiro atoms. The third-order valence-corrected chi connectivity index (χ3v) is 3.46. The van der Waals surface area contributed by atoms with E-state index in [0.29, 0.717) is 18.9 Å². The van der Waals surface area contributed by atoms with Crippen LogP contribution in [0.5, 0.6) is 11.5 Å².